The van der Waals surface area contributed by atoms with Crippen LogP contribution >= 0.6 is 0 Å². The van der Waals surface area contributed by atoms with Crippen molar-refractivity contribution in [2.24, 2.45) is 10.8 Å². The van der Waals surface area contributed by atoms with Gasteiger partial charge in [-0.2, -0.15) is 0 Å². The van der Waals surface area contributed by atoms with Crippen molar-refractivity contribution in [3.8, 4) is 11.8 Å². The van der Waals surface area contributed by atoms with Crippen molar-refractivity contribution >= 4 is 23.0 Å². The molecule has 0 spiro atoms. The molecule has 2 fully saturated rings. The van der Waals surface area contributed by atoms with Crippen LogP contribution in [0.3, 0.4) is 0 Å². The molecule has 2 aliphatic rings. The number of nitrogens with two attached hydrogens (primary N) is 1. The van der Waals surface area contributed by atoms with Crippen LogP contribution in [0.15, 0.2) is 6.33 Å². The fourth-order valence-corrected chi connectivity index (χ4v) is 5.60. The van der Waals surface area contributed by atoms with Gasteiger partial charge in [0.1, 0.15) is 23.3 Å². The minimum Gasteiger partial charge on any atom is -0.479 e. The summed E-state index contributed by atoms with van der Waals surface area (Å²) in [7, 11) is 0. The summed E-state index contributed by atoms with van der Waals surface area (Å²) in [5.74, 6) is 4.43. The van der Waals surface area contributed by atoms with E-state index in [0.717, 1.165) is 6.42 Å². The standard InChI is InChI=1S/C22H29N5O6/c1-20(2)7-21(3,4)9-22(32,8-20)6-5-11-25-16(23)12-17(26-11)27(10-24-12)18-14(29)13(28)15(33-18)19(30)31/h10,13-15,18,28-29,32H,7-9H2,1-4H3,(H,30,31)(H2,23,25,26). The third kappa shape index (κ3) is 4.39. The zero-order valence-electron chi connectivity index (χ0n) is 19.0. The molecule has 1 aliphatic heterocycles. The highest BCUT2D eigenvalue weighted by atomic mass is 16.6. The third-order valence-corrected chi connectivity index (χ3v) is 6.11. The van der Waals surface area contributed by atoms with Gasteiger partial charge >= 0.3 is 5.97 Å². The number of aliphatic hydroxyl groups is 3. The molecule has 0 aromatic carbocycles. The number of ether oxygens (including phenoxy) is 1. The van der Waals surface area contributed by atoms with Gasteiger partial charge in [0.15, 0.2) is 23.8 Å². The SMILES string of the molecule is CC1(C)CC(C)(C)CC(O)(C#Cc2nc(N)c3ncn(C4OC(C(=O)O)C(O)C4O)c3n2)C1. The molecule has 1 aliphatic carbocycles. The first-order chi connectivity index (χ1) is 15.2. The van der Waals surface area contributed by atoms with E-state index in [-0.39, 0.29) is 33.6 Å². The van der Waals surface area contributed by atoms with E-state index in [1.165, 1.54) is 10.9 Å². The Balaban J connectivity index is 1.71. The summed E-state index contributed by atoms with van der Waals surface area (Å²) in [6.07, 6.45) is -2.76. The molecule has 6 N–H and O–H groups in total. The van der Waals surface area contributed by atoms with Crippen molar-refractivity contribution in [1.29, 1.82) is 0 Å². The zero-order chi connectivity index (χ0) is 24.3. The number of imidazole rings is 1. The normalized spacial score (nSPS) is 30.0. The summed E-state index contributed by atoms with van der Waals surface area (Å²) in [6.45, 7) is 8.41. The monoisotopic (exact) mass is 459 g/mol. The maximum Gasteiger partial charge on any atom is 0.335 e. The van der Waals surface area contributed by atoms with Gasteiger partial charge in [-0.25, -0.2) is 19.7 Å². The quantitative estimate of drug-likeness (QED) is 0.396. The first kappa shape index (κ1) is 23.4. The third-order valence-electron chi connectivity index (χ3n) is 6.11. The van der Waals surface area contributed by atoms with Gasteiger partial charge in [-0.1, -0.05) is 33.6 Å². The van der Waals surface area contributed by atoms with Gasteiger partial charge in [-0.3, -0.25) is 4.57 Å². The number of hydrogen-bond donors (Lipinski definition) is 5. The number of carbonyl (C=O) groups is 1. The number of hydrogen-bond acceptors (Lipinski definition) is 9. The number of nitrogen functional groups attached to an aromatic ring is 1. The highest BCUT2D eigenvalue weighted by molar-refractivity contribution is 5.82. The van der Waals surface area contributed by atoms with Gasteiger partial charge in [0.25, 0.3) is 0 Å². The fraction of sp³-hybridized carbons (Fsp3) is 0.636. The van der Waals surface area contributed by atoms with Gasteiger partial charge < -0.3 is 30.9 Å². The van der Waals surface area contributed by atoms with E-state index in [9.17, 15) is 25.2 Å². The molecule has 4 atom stereocenters. The van der Waals surface area contributed by atoms with Crippen molar-refractivity contribution in [1.82, 2.24) is 19.5 Å². The minimum atomic E-state index is -1.63. The van der Waals surface area contributed by atoms with Gasteiger partial charge in [0, 0.05) is 0 Å². The lowest BCUT2D eigenvalue weighted by Crippen LogP contribution is -2.45. The van der Waals surface area contributed by atoms with E-state index >= 15 is 0 Å². The van der Waals surface area contributed by atoms with Crippen LogP contribution in [0.2, 0.25) is 0 Å². The first-order valence-electron chi connectivity index (χ1n) is 10.7. The van der Waals surface area contributed by atoms with Gasteiger partial charge in [0.05, 0.1) is 6.33 Å². The van der Waals surface area contributed by atoms with E-state index in [4.69, 9.17) is 10.5 Å². The number of carboxylic acids is 1. The van der Waals surface area contributed by atoms with Gasteiger partial charge in [0.2, 0.25) is 5.82 Å². The molecule has 33 heavy (non-hydrogen) atoms. The molecule has 4 rings (SSSR count). The van der Waals surface area contributed by atoms with Crippen LogP contribution in [0.4, 0.5) is 5.82 Å². The van der Waals surface area contributed by atoms with E-state index < -0.39 is 36.1 Å². The Morgan fingerprint density at radius 2 is 1.79 bits per heavy atom. The lowest BCUT2D eigenvalue weighted by molar-refractivity contribution is -0.155. The second-order valence-corrected chi connectivity index (χ2v) is 10.7. The predicted octanol–water partition coefficient (Wildman–Crippen LogP) is 0.431. The Morgan fingerprint density at radius 1 is 1.15 bits per heavy atom. The highest BCUT2D eigenvalue weighted by Gasteiger charge is 2.48. The smallest absolute Gasteiger partial charge is 0.335 e. The Morgan fingerprint density at radius 3 is 2.36 bits per heavy atom. The lowest BCUT2D eigenvalue weighted by Gasteiger charge is -2.47. The largest absolute Gasteiger partial charge is 0.479 e. The van der Waals surface area contributed by atoms with E-state index in [1.54, 1.807) is 0 Å². The Kier molecular flexibility index (Phi) is 5.41. The Bertz CT molecular complexity index is 1150. The Labute approximate surface area is 190 Å². The van der Waals surface area contributed by atoms with Crippen molar-refractivity contribution in [3.63, 3.8) is 0 Å². The molecule has 0 radical (unpaired) electrons. The number of aliphatic carboxylic acids is 1. The second-order valence-electron chi connectivity index (χ2n) is 10.7. The molecule has 1 saturated carbocycles. The summed E-state index contributed by atoms with van der Waals surface area (Å²) in [4.78, 5) is 24.0. The molecule has 2 aromatic rings. The maximum atomic E-state index is 11.3. The predicted molar refractivity (Wildman–Crippen MR) is 117 cm³/mol. The molecule has 4 unspecified atom stereocenters. The number of aliphatic hydroxyl groups excluding tert-OH is 2. The van der Waals surface area contributed by atoms with Crippen LogP contribution in [0.25, 0.3) is 11.2 Å². The van der Waals surface area contributed by atoms with Crippen LogP contribution in [-0.2, 0) is 9.53 Å². The van der Waals surface area contributed by atoms with Gasteiger partial charge in [-0.05, 0) is 36.0 Å². The minimum absolute atomic E-state index is 0.0298. The molecule has 178 valence electrons. The van der Waals surface area contributed by atoms with Crippen molar-refractivity contribution in [2.75, 3.05) is 5.73 Å². The van der Waals surface area contributed by atoms with Gasteiger partial charge in [-0.15, -0.1) is 0 Å². The highest BCUT2D eigenvalue weighted by Crippen LogP contribution is 2.49. The number of rotatable bonds is 2. The molecule has 0 amide bonds. The summed E-state index contributed by atoms with van der Waals surface area (Å²) in [5, 5.41) is 40.8. The molecular formula is C22H29N5O6. The molecule has 3 heterocycles. The number of carboxylic acid groups (broad SMARTS) is 1. The molecule has 1 saturated heterocycles. The van der Waals surface area contributed by atoms with E-state index in [1.807, 2.05) is 0 Å². The van der Waals surface area contributed by atoms with Crippen LogP contribution in [0.1, 0.15) is 59.0 Å². The van der Waals surface area contributed by atoms with Crippen molar-refractivity contribution in [2.45, 2.75) is 77.1 Å². The summed E-state index contributed by atoms with van der Waals surface area (Å²) < 4.78 is 6.63. The first-order valence-corrected chi connectivity index (χ1v) is 10.7. The number of fused-ring (bicyclic) bond motifs is 1. The van der Waals surface area contributed by atoms with Crippen molar-refractivity contribution in [3.05, 3.63) is 12.2 Å². The van der Waals surface area contributed by atoms with Crippen molar-refractivity contribution < 1.29 is 30.0 Å². The zero-order valence-corrected chi connectivity index (χ0v) is 19.0. The fourth-order valence-electron chi connectivity index (χ4n) is 5.60. The number of aromatic nitrogens is 4. The summed E-state index contributed by atoms with van der Waals surface area (Å²) in [6, 6.07) is 0. The molecular weight excluding hydrogens is 430 g/mol. The van der Waals surface area contributed by atoms with Crippen LogP contribution < -0.4 is 5.73 Å². The topological polar surface area (TPSA) is 177 Å². The van der Waals surface area contributed by atoms with E-state index in [2.05, 4.69) is 54.5 Å². The second kappa shape index (κ2) is 7.63. The molecule has 11 nitrogen and oxygen atoms in total. The Hall–Kier alpha value is -2.78. The lowest BCUT2D eigenvalue weighted by atomic mass is 9.60. The average Bonchev–Trinajstić information content (AvgIpc) is 3.19. The number of nitrogens with zero attached hydrogens (tertiary/aromatic N) is 4. The van der Waals surface area contributed by atoms with E-state index in [0.29, 0.717) is 12.8 Å². The molecule has 2 aromatic heterocycles. The van der Waals surface area contributed by atoms with Crippen LogP contribution in [0, 0.1) is 22.7 Å². The number of anilines is 1. The molecule has 0 bridgehead atoms. The summed E-state index contributed by atoms with van der Waals surface area (Å²) >= 11 is 0. The maximum absolute atomic E-state index is 11.3. The molecule has 11 heteroatoms. The van der Waals surface area contributed by atoms with Crippen LogP contribution in [0.5, 0.6) is 0 Å². The summed E-state index contributed by atoms with van der Waals surface area (Å²) in [5.41, 5.74) is 5.00. The average molecular weight is 460 g/mol. The van der Waals surface area contributed by atoms with Crippen LogP contribution in [-0.4, -0.2) is 69.8 Å².